The van der Waals surface area contributed by atoms with Crippen LogP contribution in [0, 0.1) is 10.1 Å². The van der Waals surface area contributed by atoms with Gasteiger partial charge in [0, 0.05) is 28.8 Å². The molecule has 1 aromatic heterocycles. The standard InChI is InChI=1S/C20H15ClN2O5S/c21-17-10-14(23(25)26)3-5-16(17)20(24)22(12-15-2-1-9-29-15)13-4-6-18-19(11-13)28-8-7-27-18/h1-6,9-11H,7-8,12H2. The minimum atomic E-state index is -0.551. The van der Waals surface area contributed by atoms with E-state index in [4.69, 9.17) is 21.1 Å². The number of carbonyl (C=O) groups excluding carboxylic acids is 1. The van der Waals surface area contributed by atoms with Crippen LogP contribution in [0.2, 0.25) is 5.02 Å². The Balaban J connectivity index is 1.72. The third kappa shape index (κ3) is 4.03. The fourth-order valence-corrected chi connectivity index (χ4v) is 3.92. The van der Waals surface area contributed by atoms with Gasteiger partial charge in [-0.25, -0.2) is 0 Å². The summed E-state index contributed by atoms with van der Waals surface area (Å²) in [4.78, 5) is 26.3. The molecular formula is C20H15ClN2O5S. The minimum absolute atomic E-state index is 0.0259. The molecule has 0 spiro atoms. The number of amides is 1. The van der Waals surface area contributed by atoms with E-state index in [9.17, 15) is 14.9 Å². The highest BCUT2D eigenvalue weighted by Gasteiger charge is 2.24. The number of carbonyl (C=O) groups is 1. The van der Waals surface area contributed by atoms with Crippen LogP contribution >= 0.6 is 22.9 Å². The van der Waals surface area contributed by atoms with Gasteiger partial charge < -0.3 is 14.4 Å². The second-order valence-corrected chi connectivity index (χ2v) is 7.66. The largest absolute Gasteiger partial charge is 0.486 e. The summed E-state index contributed by atoms with van der Waals surface area (Å²) in [6.07, 6.45) is 0. The van der Waals surface area contributed by atoms with Crippen molar-refractivity contribution >= 4 is 40.2 Å². The minimum Gasteiger partial charge on any atom is -0.486 e. The van der Waals surface area contributed by atoms with E-state index in [2.05, 4.69) is 0 Å². The lowest BCUT2D eigenvalue weighted by Gasteiger charge is -2.25. The number of fused-ring (bicyclic) bond motifs is 1. The van der Waals surface area contributed by atoms with Gasteiger partial charge in [0.05, 0.1) is 22.1 Å². The maximum absolute atomic E-state index is 13.3. The maximum atomic E-state index is 13.3. The molecule has 148 valence electrons. The van der Waals surface area contributed by atoms with Gasteiger partial charge in [-0.15, -0.1) is 11.3 Å². The molecule has 1 aliphatic rings. The average Bonchev–Trinajstić information content (AvgIpc) is 3.24. The van der Waals surface area contributed by atoms with Gasteiger partial charge in [0.25, 0.3) is 11.6 Å². The molecule has 9 heteroatoms. The number of hydrogen-bond acceptors (Lipinski definition) is 6. The second-order valence-electron chi connectivity index (χ2n) is 6.22. The molecule has 0 N–H and O–H groups in total. The summed E-state index contributed by atoms with van der Waals surface area (Å²) in [5.74, 6) is 0.819. The summed E-state index contributed by atoms with van der Waals surface area (Å²) in [6.45, 7) is 1.23. The van der Waals surface area contributed by atoms with Crippen molar-refractivity contribution in [3.63, 3.8) is 0 Å². The summed E-state index contributed by atoms with van der Waals surface area (Å²) in [6, 6.07) is 13.0. The van der Waals surface area contributed by atoms with Gasteiger partial charge in [0.15, 0.2) is 11.5 Å². The molecule has 1 amide bonds. The van der Waals surface area contributed by atoms with Crippen molar-refractivity contribution in [1.29, 1.82) is 0 Å². The first-order valence-corrected chi connectivity index (χ1v) is 9.96. The number of nitrogens with zero attached hydrogens (tertiary/aromatic N) is 2. The van der Waals surface area contributed by atoms with E-state index in [0.717, 1.165) is 4.88 Å². The van der Waals surface area contributed by atoms with Crippen LogP contribution in [0.1, 0.15) is 15.2 Å². The van der Waals surface area contributed by atoms with Crippen LogP contribution in [0.15, 0.2) is 53.9 Å². The third-order valence-electron chi connectivity index (χ3n) is 4.37. The van der Waals surface area contributed by atoms with E-state index in [-0.39, 0.29) is 22.2 Å². The summed E-state index contributed by atoms with van der Waals surface area (Å²) in [5, 5.41) is 12.9. The van der Waals surface area contributed by atoms with Gasteiger partial charge >= 0.3 is 0 Å². The first kappa shape index (κ1) is 19.2. The van der Waals surface area contributed by atoms with E-state index in [1.807, 2.05) is 17.5 Å². The Morgan fingerprint density at radius 3 is 2.62 bits per heavy atom. The zero-order valence-electron chi connectivity index (χ0n) is 15.0. The van der Waals surface area contributed by atoms with Crippen molar-refractivity contribution in [2.45, 2.75) is 6.54 Å². The summed E-state index contributed by atoms with van der Waals surface area (Å²) in [5.41, 5.74) is 0.626. The van der Waals surface area contributed by atoms with Gasteiger partial charge in [0.1, 0.15) is 13.2 Å². The van der Waals surface area contributed by atoms with Crippen LogP contribution < -0.4 is 14.4 Å². The van der Waals surface area contributed by atoms with E-state index >= 15 is 0 Å². The van der Waals surface area contributed by atoms with Crippen LogP contribution in [0.5, 0.6) is 11.5 Å². The highest BCUT2D eigenvalue weighted by atomic mass is 35.5. The molecule has 1 aliphatic heterocycles. The molecule has 7 nitrogen and oxygen atoms in total. The van der Waals surface area contributed by atoms with Crippen molar-refractivity contribution in [3.8, 4) is 11.5 Å². The number of nitro groups is 1. The molecule has 0 saturated heterocycles. The van der Waals surface area contributed by atoms with E-state index in [0.29, 0.717) is 36.9 Å². The Labute approximate surface area is 175 Å². The summed E-state index contributed by atoms with van der Waals surface area (Å²) >= 11 is 7.73. The molecule has 3 aromatic rings. The maximum Gasteiger partial charge on any atom is 0.270 e. The fraction of sp³-hybridized carbons (Fsp3) is 0.150. The number of rotatable bonds is 5. The number of hydrogen-bond donors (Lipinski definition) is 0. The van der Waals surface area contributed by atoms with Crippen LogP contribution in [-0.2, 0) is 6.54 Å². The molecule has 0 unspecified atom stereocenters. The predicted molar refractivity (Wildman–Crippen MR) is 110 cm³/mol. The van der Waals surface area contributed by atoms with Crippen molar-refractivity contribution in [1.82, 2.24) is 0 Å². The predicted octanol–water partition coefficient (Wildman–Crippen LogP) is 4.93. The lowest BCUT2D eigenvalue weighted by molar-refractivity contribution is -0.384. The van der Waals surface area contributed by atoms with Gasteiger partial charge in [-0.05, 0) is 29.6 Å². The highest BCUT2D eigenvalue weighted by Crippen LogP contribution is 2.36. The van der Waals surface area contributed by atoms with E-state index in [1.54, 1.807) is 23.1 Å². The van der Waals surface area contributed by atoms with Crippen LogP contribution in [0.3, 0.4) is 0 Å². The zero-order chi connectivity index (χ0) is 20.4. The first-order valence-electron chi connectivity index (χ1n) is 8.71. The van der Waals surface area contributed by atoms with Gasteiger partial charge in [0.2, 0.25) is 0 Å². The fourth-order valence-electron chi connectivity index (χ4n) is 2.98. The Bertz CT molecular complexity index is 1070. The Morgan fingerprint density at radius 2 is 1.93 bits per heavy atom. The summed E-state index contributed by atoms with van der Waals surface area (Å²) in [7, 11) is 0. The normalized spacial score (nSPS) is 12.4. The number of benzene rings is 2. The Kier molecular flexibility index (Phi) is 5.37. The molecule has 0 bridgehead atoms. The van der Waals surface area contributed by atoms with Crippen molar-refractivity contribution in [2.24, 2.45) is 0 Å². The molecule has 0 atom stereocenters. The molecule has 29 heavy (non-hydrogen) atoms. The first-order chi connectivity index (χ1) is 14.0. The molecular weight excluding hydrogens is 416 g/mol. The van der Waals surface area contributed by atoms with Crippen molar-refractivity contribution in [2.75, 3.05) is 18.1 Å². The molecule has 2 aromatic carbocycles. The average molecular weight is 431 g/mol. The number of anilines is 1. The molecule has 0 radical (unpaired) electrons. The molecule has 0 aliphatic carbocycles. The molecule has 4 rings (SSSR count). The van der Waals surface area contributed by atoms with Crippen molar-refractivity contribution in [3.05, 3.63) is 79.5 Å². The number of non-ortho nitro benzene ring substituents is 1. The molecule has 0 fully saturated rings. The lowest BCUT2D eigenvalue weighted by atomic mass is 10.1. The summed E-state index contributed by atoms with van der Waals surface area (Å²) < 4.78 is 11.2. The number of nitro benzene ring substituents is 1. The van der Waals surface area contributed by atoms with Gasteiger partial charge in [-0.3, -0.25) is 14.9 Å². The SMILES string of the molecule is O=C(c1ccc([N+](=O)[O-])cc1Cl)N(Cc1cccs1)c1ccc2c(c1)OCCO2. The smallest absolute Gasteiger partial charge is 0.270 e. The molecule has 0 saturated carbocycles. The Morgan fingerprint density at radius 1 is 1.14 bits per heavy atom. The van der Waals surface area contributed by atoms with Crippen molar-refractivity contribution < 1.29 is 19.2 Å². The highest BCUT2D eigenvalue weighted by molar-refractivity contribution is 7.09. The zero-order valence-corrected chi connectivity index (χ0v) is 16.6. The number of halogens is 1. The van der Waals surface area contributed by atoms with Gasteiger partial charge in [-0.2, -0.15) is 0 Å². The quantitative estimate of drug-likeness (QED) is 0.423. The Hall–Kier alpha value is -3.10. The second kappa shape index (κ2) is 8.10. The van der Waals surface area contributed by atoms with E-state index in [1.165, 1.54) is 29.5 Å². The lowest BCUT2D eigenvalue weighted by Crippen LogP contribution is -2.30. The topological polar surface area (TPSA) is 81.9 Å². The molecule has 2 heterocycles. The van der Waals surface area contributed by atoms with Gasteiger partial charge in [-0.1, -0.05) is 17.7 Å². The number of thiophene rings is 1. The van der Waals surface area contributed by atoms with E-state index < -0.39 is 4.92 Å². The van der Waals surface area contributed by atoms with Crippen LogP contribution in [0.25, 0.3) is 0 Å². The van der Waals surface area contributed by atoms with Crippen LogP contribution in [0.4, 0.5) is 11.4 Å². The third-order valence-corrected chi connectivity index (χ3v) is 5.54. The van der Waals surface area contributed by atoms with Crippen LogP contribution in [-0.4, -0.2) is 24.0 Å². The number of ether oxygens (including phenoxy) is 2. The monoisotopic (exact) mass is 430 g/mol.